The standard InChI is InChI=1S/C15H22BrNO/c1-11-9-13(16)6-7-14(11)17-8-4-5-12(10-18)15(17,2)3/h6-7,9,12,18H,4-5,8,10H2,1-3H3. The molecule has 0 saturated carbocycles. The molecule has 1 aliphatic heterocycles. The van der Waals surface area contributed by atoms with Gasteiger partial charge in [0.15, 0.2) is 0 Å². The zero-order valence-electron chi connectivity index (χ0n) is 11.4. The van der Waals surface area contributed by atoms with Crippen LogP contribution in [-0.4, -0.2) is 23.8 Å². The Morgan fingerprint density at radius 2 is 2.17 bits per heavy atom. The molecule has 0 radical (unpaired) electrons. The minimum Gasteiger partial charge on any atom is -0.396 e. The van der Waals surface area contributed by atoms with Crippen LogP contribution in [0.25, 0.3) is 0 Å². The maximum absolute atomic E-state index is 9.57. The number of nitrogens with zero attached hydrogens (tertiary/aromatic N) is 1. The summed E-state index contributed by atoms with van der Waals surface area (Å²) >= 11 is 3.52. The molecule has 1 aromatic rings. The van der Waals surface area contributed by atoms with E-state index in [1.807, 2.05) is 0 Å². The molecule has 1 heterocycles. The molecule has 0 spiro atoms. The van der Waals surface area contributed by atoms with Crippen molar-refractivity contribution in [1.29, 1.82) is 0 Å². The van der Waals surface area contributed by atoms with E-state index in [-0.39, 0.29) is 12.1 Å². The molecular formula is C15H22BrNO. The van der Waals surface area contributed by atoms with Crippen LogP contribution in [0.1, 0.15) is 32.3 Å². The Morgan fingerprint density at radius 3 is 2.78 bits per heavy atom. The van der Waals surface area contributed by atoms with E-state index in [1.54, 1.807) is 0 Å². The van der Waals surface area contributed by atoms with Crippen LogP contribution in [-0.2, 0) is 0 Å². The number of halogens is 1. The molecule has 1 saturated heterocycles. The van der Waals surface area contributed by atoms with Gasteiger partial charge in [-0.15, -0.1) is 0 Å². The second-order valence-corrected chi connectivity index (χ2v) is 6.67. The summed E-state index contributed by atoms with van der Waals surface area (Å²) in [6.45, 7) is 7.99. The molecule has 1 aromatic carbocycles. The van der Waals surface area contributed by atoms with Gasteiger partial charge in [0, 0.05) is 34.8 Å². The average Bonchev–Trinajstić information content (AvgIpc) is 2.29. The molecule has 3 heteroatoms. The Labute approximate surface area is 118 Å². The largest absolute Gasteiger partial charge is 0.396 e. The van der Waals surface area contributed by atoms with Gasteiger partial charge in [-0.3, -0.25) is 0 Å². The lowest BCUT2D eigenvalue weighted by atomic mass is 9.79. The van der Waals surface area contributed by atoms with Crippen LogP contribution in [0.5, 0.6) is 0 Å². The van der Waals surface area contributed by atoms with Gasteiger partial charge in [-0.25, -0.2) is 0 Å². The fourth-order valence-electron chi connectivity index (χ4n) is 3.02. The number of anilines is 1. The molecule has 1 aliphatic rings. The van der Waals surface area contributed by atoms with Crippen molar-refractivity contribution in [2.75, 3.05) is 18.1 Å². The van der Waals surface area contributed by atoms with E-state index in [0.717, 1.165) is 23.9 Å². The highest BCUT2D eigenvalue weighted by atomic mass is 79.9. The smallest absolute Gasteiger partial charge is 0.0481 e. The molecule has 100 valence electrons. The monoisotopic (exact) mass is 311 g/mol. The van der Waals surface area contributed by atoms with Crippen molar-refractivity contribution in [3.63, 3.8) is 0 Å². The molecule has 1 fully saturated rings. The summed E-state index contributed by atoms with van der Waals surface area (Å²) in [7, 11) is 0. The van der Waals surface area contributed by atoms with Crippen molar-refractivity contribution in [2.45, 2.75) is 39.2 Å². The number of rotatable bonds is 2. The second kappa shape index (κ2) is 5.22. The number of hydrogen-bond donors (Lipinski definition) is 1. The van der Waals surface area contributed by atoms with Crippen LogP contribution in [0.2, 0.25) is 0 Å². The summed E-state index contributed by atoms with van der Waals surface area (Å²) in [5, 5.41) is 9.57. The van der Waals surface area contributed by atoms with Crippen molar-refractivity contribution in [3.8, 4) is 0 Å². The Hall–Kier alpha value is -0.540. The first-order valence-electron chi connectivity index (χ1n) is 6.61. The van der Waals surface area contributed by atoms with Crippen molar-refractivity contribution in [2.24, 2.45) is 5.92 Å². The van der Waals surface area contributed by atoms with Gasteiger partial charge < -0.3 is 10.0 Å². The Morgan fingerprint density at radius 1 is 1.44 bits per heavy atom. The molecule has 0 aliphatic carbocycles. The molecule has 1 unspecified atom stereocenters. The lowest BCUT2D eigenvalue weighted by molar-refractivity contribution is 0.135. The fourth-order valence-corrected chi connectivity index (χ4v) is 3.50. The zero-order chi connectivity index (χ0) is 13.3. The fraction of sp³-hybridized carbons (Fsp3) is 0.600. The van der Waals surface area contributed by atoms with Crippen molar-refractivity contribution in [3.05, 3.63) is 28.2 Å². The number of benzene rings is 1. The van der Waals surface area contributed by atoms with Crippen LogP contribution in [0.4, 0.5) is 5.69 Å². The highest BCUT2D eigenvalue weighted by molar-refractivity contribution is 9.10. The topological polar surface area (TPSA) is 23.5 Å². The first kappa shape index (κ1) is 13.9. The third-order valence-corrected chi connectivity index (χ3v) is 4.79. The molecule has 18 heavy (non-hydrogen) atoms. The minimum absolute atomic E-state index is 0.0194. The highest BCUT2D eigenvalue weighted by Crippen LogP contribution is 2.38. The molecule has 2 rings (SSSR count). The van der Waals surface area contributed by atoms with Gasteiger partial charge in [0.25, 0.3) is 0 Å². The summed E-state index contributed by atoms with van der Waals surface area (Å²) in [6, 6.07) is 6.44. The molecule has 0 bridgehead atoms. The maximum atomic E-state index is 9.57. The predicted octanol–water partition coefficient (Wildman–Crippen LogP) is 3.74. The molecule has 1 atom stereocenters. The van der Waals surface area contributed by atoms with E-state index < -0.39 is 0 Å². The van der Waals surface area contributed by atoms with E-state index in [2.05, 4.69) is 59.8 Å². The zero-order valence-corrected chi connectivity index (χ0v) is 13.0. The number of piperidine rings is 1. The third kappa shape index (κ3) is 2.43. The Kier molecular flexibility index (Phi) is 4.02. The number of aryl methyl sites for hydroxylation is 1. The molecular weight excluding hydrogens is 290 g/mol. The van der Waals surface area contributed by atoms with Crippen molar-refractivity contribution >= 4 is 21.6 Å². The summed E-state index contributed by atoms with van der Waals surface area (Å²) in [6.07, 6.45) is 2.28. The first-order chi connectivity index (χ1) is 8.46. The molecule has 1 N–H and O–H groups in total. The van der Waals surface area contributed by atoms with Gasteiger partial charge in [-0.1, -0.05) is 15.9 Å². The van der Waals surface area contributed by atoms with E-state index in [4.69, 9.17) is 0 Å². The maximum Gasteiger partial charge on any atom is 0.0481 e. The summed E-state index contributed by atoms with van der Waals surface area (Å²) < 4.78 is 1.12. The average molecular weight is 312 g/mol. The van der Waals surface area contributed by atoms with Gasteiger partial charge in [0.2, 0.25) is 0 Å². The SMILES string of the molecule is Cc1cc(Br)ccc1N1CCCC(CO)C1(C)C. The van der Waals surface area contributed by atoms with Crippen LogP contribution in [0, 0.1) is 12.8 Å². The van der Waals surface area contributed by atoms with Gasteiger partial charge in [-0.05, 0) is 57.4 Å². The minimum atomic E-state index is 0.0194. The van der Waals surface area contributed by atoms with Gasteiger partial charge >= 0.3 is 0 Å². The summed E-state index contributed by atoms with van der Waals surface area (Å²) in [4.78, 5) is 2.46. The van der Waals surface area contributed by atoms with Crippen LogP contribution >= 0.6 is 15.9 Å². The number of hydrogen-bond acceptors (Lipinski definition) is 2. The predicted molar refractivity (Wildman–Crippen MR) is 80.1 cm³/mol. The summed E-state index contributed by atoms with van der Waals surface area (Å²) in [5.74, 6) is 0.356. The Balaban J connectivity index is 2.36. The van der Waals surface area contributed by atoms with Crippen LogP contribution in [0.3, 0.4) is 0 Å². The molecule has 2 nitrogen and oxygen atoms in total. The van der Waals surface area contributed by atoms with E-state index in [9.17, 15) is 5.11 Å². The van der Waals surface area contributed by atoms with E-state index in [0.29, 0.717) is 5.92 Å². The first-order valence-corrected chi connectivity index (χ1v) is 7.40. The normalized spacial score (nSPS) is 23.2. The Bertz CT molecular complexity index is 431. The quantitative estimate of drug-likeness (QED) is 0.899. The van der Waals surface area contributed by atoms with E-state index >= 15 is 0 Å². The van der Waals surface area contributed by atoms with Gasteiger partial charge in [0.05, 0.1) is 0 Å². The van der Waals surface area contributed by atoms with E-state index in [1.165, 1.54) is 11.3 Å². The lowest BCUT2D eigenvalue weighted by Gasteiger charge is -2.49. The summed E-state index contributed by atoms with van der Waals surface area (Å²) in [5.41, 5.74) is 2.60. The number of aliphatic hydroxyl groups excluding tert-OH is 1. The molecule has 0 amide bonds. The van der Waals surface area contributed by atoms with Crippen molar-refractivity contribution < 1.29 is 5.11 Å². The van der Waals surface area contributed by atoms with Crippen LogP contribution in [0.15, 0.2) is 22.7 Å². The lowest BCUT2D eigenvalue weighted by Crippen LogP contribution is -2.54. The third-order valence-electron chi connectivity index (χ3n) is 4.30. The highest BCUT2D eigenvalue weighted by Gasteiger charge is 2.38. The molecule has 0 aromatic heterocycles. The number of aliphatic hydroxyl groups is 1. The van der Waals surface area contributed by atoms with Gasteiger partial charge in [-0.2, -0.15) is 0 Å². The second-order valence-electron chi connectivity index (χ2n) is 5.76. The van der Waals surface area contributed by atoms with Gasteiger partial charge in [0.1, 0.15) is 0 Å². The van der Waals surface area contributed by atoms with Crippen LogP contribution < -0.4 is 4.90 Å². The van der Waals surface area contributed by atoms with Crippen molar-refractivity contribution in [1.82, 2.24) is 0 Å².